The third kappa shape index (κ3) is 3.96. The highest BCUT2D eigenvalue weighted by Crippen LogP contribution is 2.21. The quantitative estimate of drug-likeness (QED) is 0.705. The number of hydrogen-bond donors (Lipinski definition) is 2. The second-order valence-corrected chi connectivity index (χ2v) is 4.85. The SMILES string of the molecule is COC1CC(C(=O)O)N(C(=O)CCNC(C)C)C1. The van der Waals surface area contributed by atoms with Gasteiger partial charge in [0.1, 0.15) is 6.04 Å². The number of amides is 1. The van der Waals surface area contributed by atoms with Crippen molar-refractivity contribution in [1.82, 2.24) is 10.2 Å². The molecule has 2 atom stereocenters. The van der Waals surface area contributed by atoms with E-state index in [9.17, 15) is 9.59 Å². The summed E-state index contributed by atoms with van der Waals surface area (Å²) in [4.78, 5) is 24.5. The number of likely N-dealkylation sites (tertiary alicyclic amines) is 1. The van der Waals surface area contributed by atoms with Crippen molar-refractivity contribution in [3.8, 4) is 0 Å². The molecule has 1 saturated heterocycles. The maximum atomic E-state index is 12.0. The Bertz CT molecular complexity index is 306. The van der Waals surface area contributed by atoms with E-state index in [2.05, 4.69) is 5.32 Å². The number of aliphatic carboxylic acids is 1. The fourth-order valence-electron chi connectivity index (χ4n) is 2.09. The van der Waals surface area contributed by atoms with Gasteiger partial charge in [-0.15, -0.1) is 0 Å². The predicted molar refractivity (Wildman–Crippen MR) is 66.3 cm³/mol. The van der Waals surface area contributed by atoms with Crippen LogP contribution in [0.5, 0.6) is 0 Å². The van der Waals surface area contributed by atoms with Gasteiger partial charge in [-0.3, -0.25) is 4.79 Å². The first-order valence-corrected chi connectivity index (χ1v) is 6.24. The highest BCUT2D eigenvalue weighted by molar-refractivity contribution is 5.84. The molecule has 1 rings (SSSR count). The van der Waals surface area contributed by atoms with E-state index in [1.165, 1.54) is 12.0 Å². The summed E-state index contributed by atoms with van der Waals surface area (Å²) in [6.07, 6.45) is 0.515. The van der Waals surface area contributed by atoms with E-state index in [1.807, 2.05) is 13.8 Å². The van der Waals surface area contributed by atoms with Gasteiger partial charge in [0.15, 0.2) is 0 Å². The molecule has 0 aliphatic carbocycles. The maximum absolute atomic E-state index is 12.0. The summed E-state index contributed by atoms with van der Waals surface area (Å²) in [5.41, 5.74) is 0. The summed E-state index contributed by atoms with van der Waals surface area (Å²) < 4.78 is 5.14. The number of rotatable bonds is 6. The molecule has 0 bridgehead atoms. The number of nitrogens with zero attached hydrogens (tertiary/aromatic N) is 1. The lowest BCUT2D eigenvalue weighted by Gasteiger charge is -2.21. The van der Waals surface area contributed by atoms with Gasteiger partial charge in [-0.25, -0.2) is 4.79 Å². The topological polar surface area (TPSA) is 78.9 Å². The van der Waals surface area contributed by atoms with Gasteiger partial charge in [0, 0.05) is 39.1 Å². The molecule has 104 valence electrons. The van der Waals surface area contributed by atoms with Crippen LogP contribution >= 0.6 is 0 Å². The van der Waals surface area contributed by atoms with E-state index in [1.54, 1.807) is 0 Å². The number of carbonyl (C=O) groups excluding carboxylic acids is 1. The molecule has 1 fully saturated rings. The second kappa shape index (κ2) is 6.70. The molecule has 2 N–H and O–H groups in total. The average molecular weight is 258 g/mol. The zero-order valence-electron chi connectivity index (χ0n) is 11.2. The van der Waals surface area contributed by atoms with Crippen molar-refractivity contribution < 1.29 is 19.4 Å². The van der Waals surface area contributed by atoms with Crippen LogP contribution in [0.2, 0.25) is 0 Å². The molecular weight excluding hydrogens is 236 g/mol. The van der Waals surface area contributed by atoms with Crippen LogP contribution in [0.1, 0.15) is 26.7 Å². The molecule has 2 unspecified atom stereocenters. The molecule has 1 aliphatic rings. The van der Waals surface area contributed by atoms with Gasteiger partial charge < -0.3 is 20.1 Å². The smallest absolute Gasteiger partial charge is 0.326 e. The molecule has 0 aromatic rings. The van der Waals surface area contributed by atoms with Crippen molar-refractivity contribution in [2.45, 2.75) is 44.9 Å². The molecule has 18 heavy (non-hydrogen) atoms. The minimum atomic E-state index is -0.959. The van der Waals surface area contributed by atoms with E-state index in [-0.39, 0.29) is 12.0 Å². The molecular formula is C12H22N2O4. The van der Waals surface area contributed by atoms with Crippen molar-refractivity contribution in [1.29, 1.82) is 0 Å². The number of carboxylic acids is 1. The fraction of sp³-hybridized carbons (Fsp3) is 0.833. The first-order valence-electron chi connectivity index (χ1n) is 6.24. The van der Waals surface area contributed by atoms with Crippen LogP contribution in [-0.4, -0.2) is 60.3 Å². The van der Waals surface area contributed by atoms with Crippen LogP contribution in [0.15, 0.2) is 0 Å². The first kappa shape index (κ1) is 14.9. The fourth-order valence-corrected chi connectivity index (χ4v) is 2.09. The maximum Gasteiger partial charge on any atom is 0.326 e. The number of nitrogens with one attached hydrogen (secondary N) is 1. The van der Waals surface area contributed by atoms with Crippen LogP contribution < -0.4 is 5.32 Å². The van der Waals surface area contributed by atoms with Gasteiger partial charge in [0.05, 0.1) is 6.10 Å². The van der Waals surface area contributed by atoms with Crippen LogP contribution in [0.25, 0.3) is 0 Å². The normalized spacial score (nSPS) is 23.7. The Hall–Kier alpha value is -1.14. The molecule has 1 aliphatic heterocycles. The van der Waals surface area contributed by atoms with Crippen molar-refractivity contribution >= 4 is 11.9 Å². The van der Waals surface area contributed by atoms with Crippen LogP contribution in [-0.2, 0) is 14.3 Å². The third-order valence-corrected chi connectivity index (χ3v) is 3.09. The molecule has 0 saturated carbocycles. The lowest BCUT2D eigenvalue weighted by atomic mass is 10.2. The molecule has 6 nitrogen and oxygen atoms in total. The second-order valence-electron chi connectivity index (χ2n) is 4.85. The van der Waals surface area contributed by atoms with E-state index in [0.717, 1.165) is 0 Å². The van der Waals surface area contributed by atoms with Gasteiger partial charge in [-0.05, 0) is 0 Å². The molecule has 1 heterocycles. The number of ether oxygens (including phenoxy) is 1. The molecule has 1 amide bonds. The van der Waals surface area contributed by atoms with Gasteiger partial charge in [-0.2, -0.15) is 0 Å². The number of methoxy groups -OCH3 is 1. The van der Waals surface area contributed by atoms with Gasteiger partial charge in [-0.1, -0.05) is 13.8 Å². The summed E-state index contributed by atoms with van der Waals surface area (Å²) >= 11 is 0. The Labute approximate surface area is 107 Å². The van der Waals surface area contributed by atoms with E-state index in [4.69, 9.17) is 9.84 Å². The van der Waals surface area contributed by atoms with E-state index in [0.29, 0.717) is 32.0 Å². The predicted octanol–water partition coefficient (Wildman–Crippen LogP) is 0.0750. The summed E-state index contributed by atoms with van der Waals surface area (Å²) in [5.74, 6) is -1.09. The van der Waals surface area contributed by atoms with Crippen LogP contribution in [0.3, 0.4) is 0 Å². The van der Waals surface area contributed by atoms with Crippen molar-refractivity contribution in [2.75, 3.05) is 20.2 Å². The first-order chi connectivity index (χ1) is 8.45. The van der Waals surface area contributed by atoms with Gasteiger partial charge in [0.25, 0.3) is 0 Å². The van der Waals surface area contributed by atoms with Crippen molar-refractivity contribution in [3.63, 3.8) is 0 Å². The lowest BCUT2D eigenvalue weighted by molar-refractivity contribution is -0.148. The Morgan fingerprint density at radius 3 is 2.67 bits per heavy atom. The molecule has 0 aromatic carbocycles. The van der Waals surface area contributed by atoms with Crippen LogP contribution in [0, 0.1) is 0 Å². The minimum absolute atomic E-state index is 0.130. The lowest BCUT2D eigenvalue weighted by Crippen LogP contribution is -2.42. The number of carboxylic acid groups (broad SMARTS) is 1. The average Bonchev–Trinajstić information content (AvgIpc) is 2.72. The highest BCUT2D eigenvalue weighted by atomic mass is 16.5. The standard InChI is InChI=1S/C12H22N2O4/c1-8(2)13-5-4-11(15)14-7-9(18-3)6-10(14)12(16)17/h8-10,13H,4-7H2,1-3H3,(H,16,17). The summed E-state index contributed by atoms with van der Waals surface area (Å²) in [5, 5.41) is 12.2. The number of carbonyl (C=O) groups is 2. The highest BCUT2D eigenvalue weighted by Gasteiger charge is 2.39. The van der Waals surface area contributed by atoms with Crippen molar-refractivity contribution in [3.05, 3.63) is 0 Å². The Morgan fingerprint density at radius 2 is 2.17 bits per heavy atom. The van der Waals surface area contributed by atoms with Gasteiger partial charge >= 0.3 is 5.97 Å². The third-order valence-electron chi connectivity index (χ3n) is 3.09. The van der Waals surface area contributed by atoms with E-state index >= 15 is 0 Å². The van der Waals surface area contributed by atoms with E-state index < -0.39 is 12.0 Å². The minimum Gasteiger partial charge on any atom is -0.480 e. The summed E-state index contributed by atoms with van der Waals surface area (Å²) in [7, 11) is 1.54. The van der Waals surface area contributed by atoms with Crippen molar-refractivity contribution in [2.24, 2.45) is 0 Å². The Kier molecular flexibility index (Phi) is 5.55. The number of hydrogen-bond acceptors (Lipinski definition) is 4. The molecule has 0 aromatic heterocycles. The molecule has 0 spiro atoms. The zero-order valence-corrected chi connectivity index (χ0v) is 11.2. The Balaban J connectivity index is 2.51. The zero-order chi connectivity index (χ0) is 13.7. The molecule has 6 heteroatoms. The molecule has 0 radical (unpaired) electrons. The Morgan fingerprint density at radius 1 is 1.50 bits per heavy atom. The van der Waals surface area contributed by atoms with Gasteiger partial charge in [0.2, 0.25) is 5.91 Å². The monoisotopic (exact) mass is 258 g/mol. The summed E-state index contributed by atoms with van der Waals surface area (Å²) in [6.45, 7) is 4.94. The largest absolute Gasteiger partial charge is 0.480 e. The summed E-state index contributed by atoms with van der Waals surface area (Å²) in [6, 6.07) is -0.431. The van der Waals surface area contributed by atoms with Crippen LogP contribution in [0.4, 0.5) is 0 Å².